The van der Waals surface area contributed by atoms with Crippen LogP contribution in [0.4, 0.5) is 10.1 Å². The largest absolute Gasteiger partial charge is 0.490 e. The Morgan fingerprint density at radius 3 is 2.68 bits per heavy atom. The van der Waals surface area contributed by atoms with Crippen molar-refractivity contribution in [2.24, 2.45) is 4.99 Å². The van der Waals surface area contributed by atoms with Gasteiger partial charge in [-0.1, -0.05) is 53.8 Å². The molecule has 37 heavy (non-hydrogen) atoms. The van der Waals surface area contributed by atoms with Gasteiger partial charge in [0.05, 0.1) is 28.3 Å². The van der Waals surface area contributed by atoms with Gasteiger partial charge in [0.25, 0.3) is 5.56 Å². The van der Waals surface area contributed by atoms with Gasteiger partial charge in [-0.25, -0.2) is 9.38 Å². The molecule has 184 valence electrons. The van der Waals surface area contributed by atoms with Crippen LogP contribution in [0, 0.1) is 15.9 Å². The number of halogens is 1. The number of hydrogen-bond acceptors (Lipinski definition) is 6. The Balaban J connectivity index is 1.58. The Morgan fingerprint density at radius 2 is 1.92 bits per heavy atom. The number of thiazole rings is 1. The second-order valence-corrected chi connectivity index (χ2v) is 9.86. The maximum Gasteiger partial charge on any atom is 0.311 e. The summed E-state index contributed by atoms with van der Waals surface area (Å²) in [5, 5.41) is 11.5. The minimum atomic E-state index is -0.516. The summed E-state index contributed by atoms with van der Waals surface area (Å²) in [4.78, 5) is 30.2. The standard InChI is InChI=1S/C28H20FN3O4S/c1-36-23-13-6-16(14-22(23)32(34)35)15-24-27(33)31-26(18-7-10-19(29)11-8-18)21-12-9-17-4-2-3-5-20(17)25(21)30-28(31)37-24/h2-8,10-11,13-15,26H,9,12H2,1H3/b24-15+/t26-/m0/s1. The van der Waals surface area contributed by atoms with Gasteiger partial charge in [-0.05, 0) is 59.4 Å². The lowest BCUT2D eigenvalue weighted by Crippen LogP contribution is -2.38. The van der Waals surface area contributed by atoms with Crippen molar-refractivity contribution in [3.63, 3.8) is 0 Å². The number of ether oxygens (including phenoxy) is 1. The van der Waals surface area contributed by atoms with Crippen LogP contribution in [0.1, 0.15) is 34.7 Å². The van der Waals surface area contributed by atoms with Crippen LogP contribution in [0.5, 0.6) is 5.75 Å². The first-order valence-electron chi connectivity index (χ1n) is 11.7. The fraction of sp³-hybridized carbons (Fsp3) is 0.143. The maximum atomic E-state index is 13.8. The van der Waals surface area contributed by atoms with Gasteiger partial charge in [0.2, 0.25) is 0 Å². The summed E-state index contributed by atoms with van der Waals surface area (Å²) >= 11 is 1.23. The molecule has 1 aromatic heterocycles. The minimum Gasteiger partial charge on any atom is -0.490 e. The van der Waals surface area contributed by atoms with Crippen LogP contribution in [0.25, 0.3) is 11.8 Å². The SMILES string of the molecule is COc1ccc(/C=c2/sc3n(c2=O)[C@@H](c2ccc(F)cc2)C2=C(N=3)c3ccccc3CC2)cc1[N+](=O)[O-]. The van der Waals surface area contributed by atoms with E-state index in [4.69, 9.17) is 9.73 Å². The first-order chi connectivity index (χ1) is 17.9. The van der Waals surface area contributed by atoms with Crippen molar-refractivity contribution in [1.82, 2.24) is 4.57 Å². The lowest BCUT2D eigenvalue weighted by Gasteiger charge is -2.30. The van der Waals surface area contributed by atoms with Gasteiger partial charge in [-0.2, -0.15) is 0 Å². The number of aryl methyl sites for hydroxylation is 1. The van der Waals surface area contributed by atoms with Crippen molar-refractivity contribution in [3.05, 3.63) is 130 Å². The highest BCUT2D eigenvalue weighted by atomic mass is 32.1. The molecule has 0 fully saturated rings. The van der Waals surface area contributed by atoms with Crippen LogP contribution in [-0.2, 0) is 6.42 Å². The van der Waals surface area contributed by atoms with Crippen molar-refractivity contribution >= 4 is 28.8 Å². The molecule has 9 heteroatoms. The minimum absolute atomic E-state index is 0.145. The van der Waals surface area contributed by atoms with Gasteiger partial charge >= 0.3 is 5.69 Å². The zero-order valence-electron chi connectivity index (χ0n) is 19.7. The monoisotopic (exact) mass is 513 g/mol. The molecule has 0 saturated carbocycles. The molecule has 0 unspecified atom stereocenters. The summed E-state index contributed by atoms with van der Waals surface area (Å²) in [5.41, 5.74) is 4.99. The van der Waals surface area contributed by atoms with E-state index in [1.54, 1.807) is 28.8 Å². The molecule has 0 bridgehead atoms. The van der Waals surface area contributed by atoms with Crippen LogP contribution in [0.2, 0.25) is 0 Å². The molecule has 3 aromatic carbocycles. The molecule has 1 atom stereocenters. The molecule has 1 aliphatic heterocycles. The summed E-state index contributed by atoms with van der Waals surface area (Å²) in [6, 6.07) is 18.5. The average Bonchev–Trinajstić information content (AvgIpc) is 3.22. The number of allylic oxidation sites excluding steroid dienone is 1. The molecule has 2 aliphatic rings. The first-order valence-corrected chi connectivity index (χ1v) is 12.5. The van der Waals surface area contributed by atoms with Crippen LogP contribution in [0.3, 0.4) is 0 Å². The topological polar surface area (TPSA) is 86.7 Å². The van der Waals surface area contributed by atoms with Crippen LogP contribution < -0.4 is 19.6 Å². The molecular formula is C28H20FN3O4S. The highest BCUT2D eigenvalue weighted by Crippen LogP contribution is 2.41. The van der Waals surface area contributed by atoms with Gasteiger partial charge in [0, 0.05) is 11.6 Å². The van der Waals surface area contributed by atoms with E-state index < -0.39 is 11.0 Å². The Labute approximate surface area is 214 Å². The van der Waals surface area contributed by atoms with E-state index >= 15 is 0 Å². The molecule has 0 amide bonds. The zero-order valence-corrected chi connectivity index (χ0v) is 20.5. The normalized spacial score (nSPS) is 16.5. The van der Waals surface area contributed by atoms with Gasteiger partial charge in [-0.3, -0.25) is 19.5 Å². The number of fused-ring (bicyclic) bond motifs is 3. The van der Waals surface area contributed by atoms with Crippen molar-refractivity contribution in [2.75, 3.05) is 7.11 Å². The molecule has 6 rings (SSSR count). The van der Waals surface area contributed by atoms with Crippen LogP contribution in [-0.4, -0.2) is 16.6 Å². The zero-order chi connectivity index (χ0) is 25.7. The van der Waals surface area contributed by atoms with E-state index in [1.165, 1.54) is 48.3 Å². The fourth-order valence-electron chi connectivity index (χ4n) is 5.06. The van der Waals surface area contributed by atoms with E-state index in [1.807, 2.05) is 18.2 Å². The summed E-state index contributed by atoms with van der Waals surface area (Å²) in [7, 11) is 1.37. The van der Waals surface area contributed by atoms with Crippen molar-refractivity contribution in [1.29, 1.82) is 0 Å². The van der Waals surface area contributed by atoms with Crippen LogP contribution in [0.15, 0.2) is 82.1 Å². The first kappa shape index (κ1) is 23.1. The fourth-order valence-corrected chi connectivity index (χ4v) is 6.06. The second-order valence-electron chi connectivity index (χ2n) is 8.85. The summed E-state index contributed by atoms with van der Waals surface area (Å²) in [5.74, 6) is -0.202. The Morgan fingerprint density at radius 1 is 1.14 bits per heavy atom. The molecular weight excluding hydrogens is 493 g/mol. The smallest absolute Gasteiger partial charge is 0.311 e. The Bertz CT molecular complexity index is 1790. The van der Waals surface area contributed by atoms with E-state index in [0.717, 1.165) is 35.2 Å². The Kier molecular flexibility index (Phi) is 5.57. The van der Waals surface area contributed by atoms with E-state index in [2.05, 4.69) is 6.07 Å². The number of hydrogen-bond donors (Lipinski definition) is 0. The quantitative estimate of drug-likeness (QED) is 0.300. The summed E-state index contributed by atoms with van der Waals surface area (Å²) < 4.78 is 20.9. The molecule has 0 spiro atoms. The van der Waals surface area contributed by atoms with Crippen molar-refractivity contribution in [3.8, 4) is 5.75 Å². The third-order valence-electron chi connectivity index (χ3n) is 6.76. The lowest BCUT2D eigenvalue weighted by molar-refractivity contribution is -0.385. The number of aromatic nitrogens is 1. The molecule has 0 N–H and O–H groups in total. The van der Waals surface area contributed by atoms with E-state index in [0.29, 0.717) is 14.9 Å². The predicted molar refractivity (Wildman–Crippen MR) is 139 cm³/mol. The molecule has 7 nitrogen and oxygen atoms in total. The average molecular weight is 514 g/mol. The highest BCUT2D eigenvalue weighted by Gasteiger charge is 2.32. The second kappa shape index (κ2) is 8.94. The van der Waals surface area contributed by atoms with E-state index in [9.17, 15) is 19.3 Å². The molecule has 1 aliphatic carbocycles. The van der Waals surface area contributed by atoms with Crippen LogP contribution >= 0.6 is 11.3 Å². The van der Waals surface area contributed by atoms with Crippen molar-refractivity contribution < 1.29 is 14.1 Å². The lowest BCUT2D eigenvalue weighted by atomic mass is 9.83. The molecule has 0 radical (unpaired) electrons. The third-order valence-corrected chi connectivity index (χ3v) is 7.74. The summed E-state index contributed by atoms with van der Waals surface area (Å²) in [6.07, 6.45) is 3.18. The number of methoxy groups -OCH3 is 1. The molecule has 2 heterocycles. The van der Waals surface area contributed by atoms with Gasteiger partial charge in [0.15, 0.2) is 10.6 Å². The van der Waals surface area contributed by atoms with E-state index in [-0.39, 0.29) is 22.8 Å². The van der Waals surface area contributed by atoms with Gasteiger partial charge in [-0.15, -0.1) is 0 Å². The van der Waals surface area contributed by atoms with Crippen molar-refractivity contribution in [2.45, 2.75) is 18.9 Å². The molecule has 0 saturated heterocycles. The third kappa shape index (κ3) is 3.88. The number of rotatable bonds is 4. The maximum absolute atomic E-state index is 13.8. The number of nitro benzene ring substituents is 1. The number of nitro groups is 1. The summed E-state index contributed by atoms with van der Waals surface area (Å²) in [6.45, 7) is 0. The van der Waals surface area contributed by atoms with Gasteiger partial charge < -0.3 is 4.74 Å². The Hall–Kier alpha value is -4.37. The molecule has 4 aromatic rings. The number of benzene rings is 3. The predicted octanol–water partition coefficient (Wildman–Crippen LogP) is 4.37. The number of nitrogens with zero attached hydrogens (tertiary/aromatic N) is 3. The highest BCUT2D eigenvalue weighted by molar-refractivity contribution is 7.07. The van der Waals surface area contributed by atoms with Gasteiger partial charge in [0.1, 0.15) is 5.82 Å².